The van der Waals surface area contributed by atoms with E-state index in [-0.39, 0.29) is 17.3 Å². The van der Waals surface area contributed by atoms with E-state index in [0.29, 0.717) is 18.8 Å². The Bertz CT molecular complexity index is 1070. The van der Waals surface area contributed by atoms with Crippen LogP contribution in [0.25, 0.3) is 0 Å². The fourth-order valence-corrected chi connectivity index (χ4v) is 5.57. The van der Waals surface area contributed by atoms with Crippen LogP contribution in [-0.4, -0.2) is 36.3 Å². The molecule has 0 unspecified atom stereocenters. The number of carbonyl (C=O) groups excluding carboxylic acids is 1. The number of anilines is 1. The van der Waals surface area contributed by atoms with Crippen molar-refractivity contribution in [1.82, 2.24) is 8.87 Å². The lowest BCUT2D eigenvalue weighted by atomic mass is 10.1. The van der Waals surface area contributed by atoms with Crippen molar-refractivity contribution in [1.29, 1.82) is 0 Å². The van der Waals surface area contributed by atoms with E-state index in [4.69, 9.17) is 0 Å². The number of sulfonamides is 1. The highest BCUT2D eigenvalue weighted by atomic mass is 32.2. The van der Waals surface area contributed by atoms with Crippen molar-refractivity contribution < 1.29 is 13.2 Å². The standard InChI is InChI=1S/C22H29N3O4S/c1-16-13-17(2)21(18(3)14-16)23-20(26)15-24-10-8-9-19(22(24)27)30(28,29)25-11-6-4-5-7-12-25/h8-10,13-14H,4-7,11-12,15H2,1-3H3,(H,23,26). The molecule has 2 heterocycles. The topological polar surface area (TPSA) is 88.5 Å². The van der Waals surface area contributed by atoms with Crippen LogP contribution in [0.2, 0.25) is 0 Å². The summed E-state index contributed by atoms with van der Waals surface area (Å²) in [4.78, 5) is 25.2. The zero-order valence-corrected chi connectivity index (χ0v) is 18.6. The number of nitrogens with one attached hydrogen (secondary N) is 1. The molecule has 1 aliphatic rings. The minimum atomic E-state index is -3.88. The Kier molecular flexibility index (Phi) is 6.77. The molecule has 1 amide bonds. The first-order chi connectivity index (χ1) is 14.2. The van der Waals surface area contributed by atoms with Gasteiger partial charge in [0.05, 0.1) is 0 Å². The molecule has 7 nitrogen and oxygen atoms in total. The summed E-state index contributed by atoms with van der Waals surface area (Å²) in [5.41, 5.74) is 3.02. The highest BCUT2D eigenvalue weighted by Gasteiger charge is 2.28. The number of pyridine rings is 1. The van der Waals surface area contributed by atoms with Crippen LogP contribution in [-0.2, 0) is 21.4 Å². The maximum absolute atomic E-state index is 13.0. The molecule has 8 heteroatoms. The van der Waals surface area contributed by atoms with Gasteiger partial charge in [-0.05, 0) is 56.9 Å². The van der Waals surface area contributed by atoms with Crippen molar-refractivity contribution in [2.45, 2.75) is 57.9 Å². The normalized spacial score (nSPS) is 15.6. The second-order valence-electron chi connectivity index (χ2n) is 7.95. The molecule has 162 valence electrons. The zero-order valence-electron chi connectivity index (χ0n) is 17.8. The molecule has 0 bridgehead atoms. The van der Waals surface area contributed by atoms with Gasteiger partial charge in [0.2, 0.25) is 15.9 Å². The fraction of sp³-hybridized carbons (Fsp3) is 0.455. The minimum absolute atomic E-state index is 0.255. The molecule has 1 aliphatic heterocycles. The number of aromatic nitrogens is 1. The van der Waals surface area contributed by atoms with Crippen LogP contribution < -0.4 is 10.9 Å². The molecule has 0 aliphatic carbocycles. The Hall–Kier alpha value is -2.45. The first-order valence-electron chi connectivity index (χ1n) is 10.3. The molecule has 1 aromatic heterocycles. The third-order valence-corrected chi connectivity index (χ3v) is 7.34. The quantitative estimate of drug-likeness (QED) is 0.788. The molecule has 1 fully saturated rings. The molecule has 0 radical (unpaired) electrons. The summed E-state index contributed by atoms with van der Waals surface area (Å²) in [6, 6.07) is 6.78. The number of aryl methyl sites for hydroxylation is 3. The van der Waals surface area contributed by atoms with E-state index in [1.165, 1.54) is 22.6 Å². The van der Waals surface area contributed by atoms with Gasteiger partial charge in [0, 0.05) is 25.0 Å². The number of rotatable bonds is 5. The van der Waals surface area contributed by atoms with Gasteiger partial charge in [-0.25, -0.2) is 8.42 Å². The molecule has 1 saturated heterocycles. The summed E-state index contributed by atoms with van der Waals surface area (Å²) in [6.07, 6.45) is 5.00. The Balaban J connectivity index is 1.83. The summed E-state index contributed by atoms with van der Waals surface area (Å²) >= 11 is 0. The van der Waals surface area contributed by atoms with Gasteiger partial charge >= 0.3 is 0 Å². The molecular weight excluding hydrogens is 402 g/mol. The third kappa shape index (κ3) is 4.82. The number of carbonyl (C=O) groups is 1. The maximum Gasteiger partial charge on any atom is 0.271 e. The van der Waals surface area contributed by atoms with Crippen LogP contribution in [0, 0.1) is 20.8 Å². The number of amides is 1. The largest absolute Gasteiger partial charge is 0.324 e. The maximum atomic E-state index is 13.0. The van der Waals surface area contributed by atoms with Crippen LogP contribution in [0.4, 0.5) is 5.69 Å². The predicted octanol–water partition coefficient (Wildman–Crippen LogP) is 2.98. The molecular formula is C22H29N3O4S. The van der Waals surface area contributed by atoms with Crippen molar-refractivity contribution in [3.8, 4) is 0 Å². The van der Waals surface area contributed by atoms with E-state index in [1.807, 2.05) is 32.9 Å². The lowest BCUT2D eigenvalue weighted by molar-refractivity contribution is -0.116. The summed E-state index contributed by atoms with van der Waals surface area (Å²) in [5, 5.41) is 2.85. The average molecular weight is 432 g/mol. The first kappa shape index (κ1) is 22.2. The van der Waals surface area contributed by atoms with Crippen molar-refractivity contribution in [3.63, 3.8) is 0 Å². The second kappa shape index (κ2) is 9.14. The van der Waals surface area contributed by atoms with Crippen LogP contribution in [0.15, 0.2) is 40.2 Å². The number of nitrogens with zero attached hydrogens (tertiary/aromatic N) is 2. The lowest BCUT2D eigenvalue weighted by Gasteiger charge is -2.20. The highest BCUT2D eigenvalue weighted by molar-refractivity contribution is 7.89. The van der Waals surface area contributed by atoms with Gasteiger partial charge in [0.1, 0.15) is 11.4 Å². The molecule has 0 saturated carbocycles. The average Bonchev–Trinajstić information content (AvgIpc) is 2.96. The van der Waals surface area contributed by atoms with Crippen molar-refractivity contribution in [3.05, 3.63) is 57.5 Å². The Morgan fingerprint density at radius 3 is 2.23 bits per heavy atom. The van der Waals surface area contributed by atoms with Crippen molar-refractivity contribution in [2.75, 3.05) is 18.4 Å². The van der Waals surface area contributed by atoms with Gasteiger partial charge in [0.25, 0.3) is 5.56 Å². The monoisotopic (exact) mass is 431 g/mol. The van der Waals surface area contributed by atoms with Gasteiger partial charge in [0.15, 0.2) is 0 Å². The fourth-order valence-electron chi connectivity index (χ4n) is 3.97. The SMILES string of the molecule is Cc1cc(C)c(NC(=O)Cn2cccc(S(=O)(=O)N3CCCCCC3)c2=O)c(C)c1. The zero-order chi connectivity index (χ0) is 21.9. The molecule has 1 aromatic carbocycles. The van der Waals surface area contributed by atoms with E-state index in [0.717, 1.165) is 46.9 Å². The molecule has 1 N–H and O–H groups in total. The van der Waals surface area contributed by atoms with Gasteiger partial charge in [-0.1, -0.05) is 30.5 Å². The van der Waals surface area contributed by atoms with Crippen molar-refractivity contribution in [2.24, 2.45) is 0 Å². The molecule has 0 atom stereocenters. The minimum Gasteiger partial charge on any atom is -0.324 e. The van der Waals surface area contributed by atoms with Crippen LogP contribution in [0.3, 0.4) is 0 Å². The van der Waals surface area contributed by atoms with Gasteiger partial charge in [-0.3, -0.25) is 9.59 Å². The second-order valence-corrected chi connectivity index (χ2v) is 9.85. The summed E-state index contributed by atoms with van der Waals surface area (Å²) in [6.45, 7) is 6.40. The van der Waals surface area contributed by atoms with Gasteiger partial charge in [-0.15, -0.1) is 0 Å². The third-order valence-electron chi connectivity index (χ3n) is 5.42. The van der Waals surface area contributed by atoms with Crippen LogP contribution in [0.5, 0.6) is 0 Å². The summed E-state index contributed by atoms with van der Waals surface area (Å²) in [5.74, 6) is -0.378. The van der Waals surface area contributed by atoms with Crippen LogP contribution >= 0.6 is 0 Å². The van der Waals surface area contributed by atoms with Crippen LogP contribution in [0.1, 0.15) is 42.4 Å². The van der Waals surface area contributed by atoms with Gasteiger partial charge < -0.3 is 9.88 Å². The van der Waals surface area contributed by atoms with E-state index < -0.39 is 15.6 Å². The first-order valence-corrected chi connectivity index (χ1v) is 11.7. The van der Waals surface area contributed by atoms with E-state index in [2.05, 4.69) is 5.32 Å². The number of benzene rings is 1. The number of hydrogen-bond acceptors (Lipinski definition) is 4. The summed E-state index contributed by atoms with van der Waals surface area (Å²) in [7, 11) is -3.88. The molecule has 0 spiro atoms. The highest BCUT2D eigenvalue weighted by Crippen LogP contribution is 2.22. The Morgan fingerprint density at radius 1 is 1.03 bits per heavy atom. The van der Waals surface area contributed by atoms with Gasteiger partial charge in [-0.2, -0.15) is 4.31 Å². The van der Waals surface area contributed by atoms with E-state index in [9.17, 15) is 18.0 Å². The molecule has 2 aromatic rings. The predicted molar refractivity (Wildman–Crippen MR) is 117 cm³/mol. The Morgan fingerprint density at radius 2 is 1.63 bits per heavy atom. The number of hydrogen-bond donors (Lipinski definition) is 1. The smallest absolute Gasteiger partial charge is 0.271 e. The van der Waals surface area contributed by atoms with E-state index in [1.54, 1.807) is 0 Å². The van der Waals surface area contributed by atoms with E-state index >= 15 is 0 Å². The molecule has 3 rings (SSSR count). The lowest BCUT2D eigenvalue weighted by Crippen LogP contribution is -2.37. The van der Waals surface area contributed by atoms with Crippen molar-refractivity contribution >= 4 is 21.6 Å². The molecule has 30 heavy (non-hydrogen) atoms. The Labute approximate surface area is 177 Å². The summed E-state index contributed by atoms with van der Waals surface area (Å²) < 4.78 is 28.6.